The van der Waals surface area contributed by atoms with E-state index in [1.165, 1.54) is 0 Å². The fourth-order valence-electron chi connectivity index (χ4n) is 0.891. The Morgan fingerprint density at radius 2 is 1.91 bits per heavy atom. The summed E-state index contributed by atoms with van der Waals surface area (Å²) < 4.78 is 0. The quantitative estimate of drug-likeness (QED) is 0.601. The van der Waals surface area contributed by atoms with Crippen molar-refractivity contribution in [2.75, 3.05) is 0 Å². The third kappa shape index (κ3) is 1.12. The molecule has 0 unspecified atom stereocenters. The fourth-order valence-corrected chi connectivity index (χ4v) is 0.891. The van der Waals surface area contributed by atoms with E-state index >= 15 is 0 Å². The SMILES string of the molecule is c1cc(-c2ncc[n-]2)ccn1. The first-order chi connectivity index (χ1) is 5.47. The molecule has 0 N–H and O–H groups in total. The van der Waals surface area contributed by atoms with Crippen LogP contribution in [0.3, 0.4) is 0 Å². The molecule has 0 fully saturated rings. The van der Waals surface area contributed by atoms with E-state index in [0.717, 1.165) is 11.4 Å². The molecule has 0 aliphatic carbocycles. The number of imidazole rings is 1. The molecule has 2 heterocycles. The summed E-state index contributed by atoms with van der Waals surface area (Å²) >= 11 is 0. The molecule has 54 valence electrons. The highest BCUT2D eigenvalue weighted by Gasteiger charge is 1.86. The summed E-state index contributed by atoms with van der Waals surface area (Å²) in [6.07, 6.45) is 6.81. The van der Waals surface area contributed by atoms with Gasteiger partial charge in [0.1, 0.15) is 0 Å². The molecule has 0 spiro atoms. The standard InChI is InChI=1S/C8H6N3/c1-3-9-4-2-7(1)8-10-5-6-11-8/h1-6H/q-1. The van der Waals surface area contributed by atoms with Crippen LogP contribution in [0.4, 0.5) is 0 Å². The van der Waals surface area contributed by atoms with Crippen molar-refractivity contribution < 1.29 is 0 Å². The predicted octanol–water partition coefficient (Wildman–Crippen LogP) is 1.10. The summed E-state index contributed by atoms with van der Waals surface area (Å²) in [5.74, 6) is 0.757. The highest BCUT2D eigenvalue weighted by Crippen LogP contribution is 2.10. The van der Waals surface area contributed by atoms with E-state index in [1.54, 1.807) is 24.8 Å². The molecule has 0 aliphatic rings. The smallest absolute Gasteiger partial charge is 0.0273 e. The molecule has 0 saturated carbocycles. The summed E-state index contributed by atoms with van der Waals surface area (Å²) in [6.45, 7) is 0. The van der Waals surface area contributed by atoms with E-state index in [-0.39, 0.29) is 0 Å². The van der Waals surface area contributed by atoms with E-state index in [4.69, 9.17) is 0 Å². The summed E-state index contributed by atoms with van der Waals surface area (Å²) in [5.41, 5.74) is 1.00. The lowest BCUT2D eigenvalue weighted by molar-refractivity contribution is 1.26. The molecule has 0 aliphatic heterocycles. The van der Waals surface area contributed by atoms with Gasteiger partial charge in [0, 0.05) is 12.4 Å². The van der Waals surface area contributed by atoms with Crippen LogP contribution in [0.1, 0.15) is 0 Å². The molecule has 0 amide bonds. The summed E-state index contributed by atoms with van der Waals surface area (Å²) in [7, 11) is 0. The Morgan fingerprint density at radius 1 is 1.09 bits per heavy atom. The Bertz CT molecular complexity index is 312. The minimum atomic E-state index is 0.757. The van der Waals surface area contributed by atoms with E-state index in [2.05, 4.69) is 15.0 Å². The lowest BCUT2D eigenvalue weighted by Crippen LogP contribution is -1.81. The summed E-state index contributed by atoms with van der Waals surface area (Å²) in [4.78, 5) is 12.0. The maximum absolute atomic E-state index is 4.05. The predicted molar refractivity (Wildman–Crippen MR) is 40.8 cm³/mol. The van der Waals surface area contributed by atoms with Gasteiger partial charge in [-0.15, -0.1) is 0 Å². The minimum absolute atomic E-state index is 0.757. The summed E-state index contributed by atoms with van der Waals surface area (Å²) in [6, 6.07) is 3.77. The van der Waals surface area contributed by atoms with Gasteiger partial charge in [0.25, 0.3) is 0 Å². The number of nitrogens with zero attached hydrogens (tertiary/aromatic N) is 3. The van der Waals surface area contributed by atoms with E-state index in [0.29, 0.717) is 0 Å². The second-order valence-electron chi connectivity index (χ2n) is 2.12. The lowest BCUT2D eigenvalue weighted by Gasteiger charge is -2.00. The Balaban J connectivity index is 2.46. The van der Waals surface area contributed by atoms with Crippen LogP contribution < -0.4 is 4.98 Å². The molecule has 2 aromatic heterocycles. The Labute approximate surface area is 64.1 Å². The van der Waals surface area contributed by atoms with Gasteiger partial charge in [-0.2, -0.15) is 0 Å². The molecule has 0 atom stereocenters. The maximum atomic E-state index is 4.05. The molecule has 0 saturated heterocycles. The number of rotatable bonds is 1. The van der Waals surface area contributed by atoms with Crippen LogP contribution in [-0.4, -0.2) is 9.97 Å². The van der Waals surface area contributed by atoms with Crippen molar-refractivity contribution in [2.45, 2.75) is 0 Å². The monoisotopic (exact) mass is 144 g/mol. The van der Waals surface area contributed by atoms with Crippen molar-refractivity contribution in [3.63, 3.8) is 0 Å². The zero-order valence-electron chi connectivity index (χ0n) is 5.81. The number of hydrogen-bond acceptors (Lipinski definition) is 2. The minimum Gasteiger partial charge on any atom is -0.442 e. The first-order valence-electron chi connectivity index (χ1n) is 3.31. The highest BCUT2D eigenvalue weighted by atomic mass is 14.9. The van der Waals surface area contributed by atoms with Gasteiger partial charge in [-0.05, 0) is 17.7 Å². The molecule has 11 heavy (non-hydrogen) atoms. The van der Waals surface area contributed by atoms with Crippen molar-refractivity contribution in [1.82, 2.24) is 15.0 Å². The molecular weight excluding hydrogens is 138 g/mol. The van der Waals surface area contributed by atoms with Crippen molar-refractivity contribution in [1.29, 1.82) is 0 Å². The lowest BCUT2D eigenvalue weighted by atomic mass is 10.3. The van der Waals surface area contributed by atoms with Gasteiger partial charge in [0.15, 0.2) is 0 Å². The van der Waals surface area contributed by atoms with Gasteiger partial charge in [-0.1, -0.05) is 18.2 Å². The average molecular weight is 144 g/mol. The van der Waals surface area contributed by atoms with Gasteiger partial charge in [0.2, 0.25) is 0 Å². The Morgan fingerprint density at radius 3 is 2.55 bits per heavy atom. The summed E-state index contributed by atoms with van der Waals surface area (Å²) in [5, 5.41) is 0. The topological polar surface area (TPSA) is 39.9 Å². The van der Waals surface area contributed by atoms with Crippen LogP contribution >= 0.6 is 0 Å². The van der Waals surface area contributed by atoms with E-state index in [1.807, 2.05) is 12.1 Å². The molecule has 3 heteroatoms. The number of hydrogen-bond donors (Lipinski definition) is 0. The normalized spacial score (nSPS) is 9.82. The van der Waals surface area contributed by atoms with E-state index in [9.17, 15) is 0 Å². The van der Waals surface area contributed by atoms with E-state index < -0.39 is 0 Å². The molecule has 2 rings (SSSR count). The van der Waals surface area contributed by atoms with Crippen LogP contribution in [0.15, 0.2) is 36.9 Å². The van der Waals surface area contributed by atoms with Crippen molar-refractivity contribution in [3.8, 4) is 11.4 Å². The van der Waals surface area contributed by atoms with Crippen LogP contribution in [0, 0.1) is 0 Å². The molecule has 2 aromatic rings. The van der Waals surface area contributed by atoms with Crippen LogP contribution in [-0.2, 0) is 0 Å². The second kappa shape index (κ2) is 2.54. The van der Waals surface area contributed by atoms with Crippen molar-refractivity contribution in [3.05, 3.63) is 36.9 Å². The van der Waals surface area contributed by atoms with Crippen LogP contribution in [0.2, 0.25) is 0 Å². The zero-order chi connectivity index (χ0) is 7.52. The first-order valence-corrected chi connectivity index (χ1v) is 3.31. The fraction of sp³-hybridized carbons (Fsp3) is 0. The molecular formula is C8H6N3-. The van der Waals surface area contributed by atoms with Gasteiger partial charge in [-0.25, -0.2) is 0 Å². The maximum Gasteiger partial charge on any atom is 0.0273 e. The van der Waals surface area contributed by atoms with Crippen molar-refractivity contribution >= 4 is 0 Å². The van der Waals surface area contributed by atoms with Crippen LogP contribution in [0.5, 0.6) is 0 Å². The zero-order valence-corrected chi connectivity index (χ0v) is 5.81. The van der Waals surface area contributed by atoms with Gasteiger partial charge < -0.3 is 9.97 Å². The highest BCUT2D eigenvalue weighted by molar-refractivity contribution is 5.52. The van der Waals surface area contributed by atoms with Crippen molar-refractivity contribution in [2.24, 2.45) is 0 Å². The third-order valence-corrected chi connectivity index (χ3v) is 1.40. The number of aromatic nitrogens is 3. The third-order valence-electron chi connectivity index (χ3n) is 1.40. The second-order valence-corrected chi connectivity index (χ2v) is 2.12. The molecule has 0 aromatic carbocycles. The molecule has 0 radical (unpaired) electrons. The van der Waals surface area contributed by atoms with Gasteiger partial charge >= 0.3 is 0 Å². The Hall–Kier alpha value is -1.64. The van der Waals surface area contributed by atoms with Gasteiger partial charge in [0.05, 0.1) is 0 Å². The van der Waals surface area contributed by atoms with Gasteiger partial charge in [-0.3, -0.25) is 4.98 Å². The Kier molecular flexibility index (Phi) is 1.41. The average Bonchev–Trinajstić information content (AvgIpc) is 2.58. The van der Waals surface area contributed by atoms with Crippen LogP contribution in [0.25, 0.3) is 11.4 Å². The number of pyridine rings is 1. The largest absolute Gasteiger partial charge is 0.442 e. The molecule has 0 bridgehead atoms. The first kappa shape index (κ1) is 6.09. The molecule has 3 nitrogen and oxygen atoms in total.